The summed E-state index contributed by atoms with van der Waals surface area (Å²) in [6, 6.07) is 26.8. The molecule has 3 aromatic carbocycles. The summed E-state index contributed by atoms with van der Waals surface area (Å²) >= 11 is 1.69. The predicted molar refractivity (Wildman–Crippen MR) is 121 cm³/mol. The van der Waals surface area contributed by atoms with E-state index in [9.17, 15) is 9.90 Å². The van der Waals surface area contributed by atoms with Crippen LogP contribution in [0.15, 0.2) is 88.7 Å². The molecule has 0 radical (unpaired) electrons. The minimum atomic E-state index is -0.765. The second-order valence-corrected chi connectivity index (χ2v) is 8.16. The zero-order chi connectivity index (χ0) is 20.5. The fourth-order valence-electron chi connectivity index (χ4n) is 3.30. The van der Waals surface area contributed by atoms with Crippen LogP contribution in [-0.4, -0.2) is 17.6 Å². The van der Waals surface area contributed by atoms with Gasteiger partial charge in [0.1, 0.15) is 0 Å². The van der Waals surface area contributed by atoms with Crippen molar-refractivity contribution in [3.8, 4) is 0 Å². The number of aryl methyl sites for hydroxylation is 1. The normalized spacial score (nSPS) is 11.8. The highest BCUT2D eigenvalue weighted by Crippen LogP contribution is 2.31. The van der Waals surface area contributed by atoms with E-state index in [1.165, 1.54) is 5.56 Å². The molecule has 0 amide bonds. The first kappa shape index (κ1) is 21.0. The van der Waals surface area contributed by atoms with Crippen molar-refractivity contribution in [2.45, 2.75) is 41.9 Å². The molecule has 0 spiro atoms. The highest BCUT2D eigenvalue weighted by molar-refractivity contribution is 7.99. The van der Waals surface area contributed by atoms with E-state index < -0.39 is 11.9 Å². The number of hydrogen-bond donors (Lipinski definition) is 2. The zero-order valence-electron chi connectivity index (χ0n) is 16.7. The second kappa shape index (κ2) is 10.7. The number of rotatable bonds is 10. The van der Waals surface area contributed by atoms with Crippen LogP contribution in [0.25, 0.3) is 0 Å². The molecular weight excluding hydrogens is 378 g/mol. The van der Waals surface area contributed by atoms with E-state index in [2.05, 4.69) is 53.8 Å². The number of nitrogens with one attached hydrogen (secondary N) is 1. The van der Waals surface area contributed by atoms with E-state index in [0.29, 0.717) is 6.42 Å². The summed E-state index contributed by atoms with van der Waals surface area (Å²) in [6.45, 7) is 2.84. The molecule has 0 heterocycles. The summed E-state index contributed by atoms with van der Waals surface area (Å²) in [4.78, 5) is 13.6. The van der Waals surface area contributed by atoms with Crippen molar-refractivity contribution in [2.75, 3.05) is 11.9 Å². The van der Waals surface area contributed by atoms with Crippen molar-refractivity contribution in [2.24, 2.45) is 0 Å². The van der Waals surface area contributed by atoms with E-state index in [-0.39, 0.29) is 0 Å². The number of benzene rings is 3. The lowest BCUT2D eigenvalue weighted by Gasteiger charge is -2.11. The number of carboxylic acid groups (broad SMARTS) is 1. The largest absolute Gasteiger partial charge is 0.481 e. The molecule has 3 nitrogen and oxygen atoms in total. The smallest absolute Gasteiger partial charge is 0.310 e. The zero-order valence-corrected chi connectivity index (χ0v) is 17.5. The third-order valence-electron chi connectivity index (χ3n) is 4.87. The molecule has 150 valence electrons. The molecule has 2 N–H and O–H groups in total. The monoisotopic (exact) mass is 405 g/mol. The second-order valence-electron chi connectivity index (χ2n) is 7.01. The Morgan fingerprint density at radius 1 is 0.966 bits per heavy atom. The Hall–Kier alpha value is -2.72. The molecule has 0 aliphatic carbocycles. The molecule has 0 bridgehead atoms. The predicted octanol–water partition coefficient (Wildman–Crippen LogP) is 6.46. The van der Waals surface area contributed by atoms with Crippen molar-refractivity contribution < 1.29 is 9.90 Å². The van der Waals surface area contributed by atoms with Crippen molar-refractivity contribution >= 4 is 23.4 Å². The third-order valence-corrected chi connectivity index (χ3v) is 5.87. The highest BCUT2D eigenvalue weighted by atomic mass is 32.2. The van der Waals surface area contributed by atoms with Crippen LogP contribution in [0.1, 0.15) is 36.8 Å². The van der Waals surface area contributed by atoms with Gasteiger partial charge >= 0.3 is 5.97 Å². The number of carbonyl (C=O) groups is 1. The average molecular weight is 406 g/mol. The van der Waals surface area contributed by atoms with Gasteiger partial charge in [0.25, 0.3) is 0 Å². The average Bonchev–Trinajstić information content (AvgIpc) is 2.74. The van der Waals surface area contributed by atoms with Crippen molar-refractivity contribution in [1.29, 1.82) is 0 Å². The molecule has 0 saturated heterocycles. The summed E-state index contributed by atoms with van der Waals surface area (Å²) in [5.41, 5.74) is 3.35. The lowest BCUT2D eigenvalue weighted by atomic mass is 9.97. The Bertz CT molecular complexity index is 910. The van der Waals surface area contributed by atoms with Crippen molar-refractivity contribution in [1.82, 2.24) is 0 Å². The minimum Gasteiger partial charge on any atom is -0.481 e. The maximum atomic E-state index is 11.3. The van der Waals surface area contributed by atoms with Gasteiger partial charge in [-0.25, -0.2) is 0 Å². The van der Waals surface area contributed by atoms with Gasteiger partial charge in [-0.05, 0) is 60.7 Å². The van der Waals surface area contributed by atoms with Crippen LogP contribution < -0.4 is 5.32 Å². The van der Waals surface area contributed by atoms with E-state index >= 15 is 0 Å². The maximum Gasteiger partial charge on any atom is 0.310 e. The summed E-state index contributed by atoms with van der Waals surface area (Å²) in [5, 5.41) is 12.8. The molecule has 3 rings (SSSR count). The Morgan fingerprint density at radius 2 is 1.72 bits per heavy atom. The van der Waals surface area contributed by atoms with E-state index in [0.717, 1.165) is 40.4 Å². The topological polar surface area (TPSA) is 49.3 Å². The first-order valence-electron chi connectivity index (χ1n) is 10.0. The van der Waals surface area contributed by atoms with Gasteiger partial charge in [0, 0.05) is 22.0 Å². The fourth-order valence-corrected chi connectivity index (χ4v) is 4.17. The fraction of sp³-hybridized carbons (Fsp3) is 0.240. The summed E-state index contributed by atoms with van der Waals surface area (Å²) < 4.78 is 0. The molecule has 29 heavy (non-hydrogen) atoms. The van der Waals surface area contributed by atoms with Gasteiger partial charge in [-0.3, -0.25) is 4.79 Å². The molecule has 0 aromatic heterocycles. The standard InChI is InChI=1S/C25H27NO2S/c1-2-24(25(27)28)20-13-15-22(16-14-20)29-23-12-6-11-21(18-23)26-17-7-10-19-8-4-3-5-9-19/h3-6,8-9,11-16,18,24,26H,2,7,10,17H2,1H3,(H,27,28). The van der Waals surface area contributed by atoms with Crippen LogP contribution in [0, 0.1) is 0 Å². The molecule has 0 aliphatic rings. The van der Waals surface area contributed by atoms with Gasteiger partial charge < -0.3 is 10.4 Å². The lowest BCUT2D eigenvalue weighted by molar-refractivity contribution is -0.138. The van der Waals surface area contributed by atoms with E-state index in [1.54, 1.807) is 11.8 Å². The van der Waals surface area contributed by atoms with Crippen LogP contribution >= 0.6 is 11.8 Å². The molecule has 4 heteroatoms. The minimum absolute atomic E-state index is 0.433. The van der Waals surface area contributed by atoms with Gasteiger partial charge in [-0.2, -0.15) is 0 Å². The third kappa shape index (κ3) is 6.40. The van der Waals surface area contributed by atoms with Crippen LogP contribution in [0.4, 0.5) is 5.69 Å². The SMILES string of the molecule is CCC(C(=O)O)c1ccc(Sc2cccc(NCCCc3ccccc3)c2)cc1. The lowest BCUT2D eigenvalue weighted by Crippen LogP contribution is -2.10. The van der Waals surface area contributed by atoms with Gasteiger partial charge in [0.05, 0.1) is 5.92 Å². The first-order valence-corrected chi connectivity index (χ1v) is 10.9. The van der Waals surface area contributed by atoms with Gasteiger partial charge in [-0.1, -0.05) is 67.2 Å². The molecule has 3 aromatic rings. The molecule has 0 saturated carbocycles. The molecule has 1 unspecified atom stereocenters. The maximum absolute atomic E-state index is 11.3. The summed E-state index contributed by atoms with van der Waals surface area (Å²) in [5.74, 6) is -1.20. The Labute approximate surface area is 177 Å². The van der Waals surface area contributed by atoms with E-state index in [1.807, 2.05) is 37.3 Å². The Kier molecular flexibility index (Phi) is 7.77. The van der Waals surface area contributed by atoms with Gasteiger partial charge in [0.15, 0.2) is 0 Å². The van der Waals surface area contributed by atoms with Crippen molar-refractivity contribution in [3.05, 3.63) is 90.0 Å². The highest BCUT2D eigenvalue weighted by Gasteiger charge is 2.17. The van der Waals surface area contributed by atoms with Crippen LogP contribution in [0.2, 0.25) is 0 Å². The number of carboxylic acids is 1. The molecule has 0 aliphatic heterocycles. The molecule has 0 fully saturated rings. The van der Waals surface area contributed by atoms with Crippen LogP contribution in [0.3, 0.4) is 0 Å². The number of hydrogen-bond acceptors (Lipinski definition) is 3. The number of anilines is 1. The summed E-state index contributed by atoms with van der Waals surface area (Å²) in [7, 11) is 0. The first-order chi connectivity index (χ1) is 14.2. The molecule has 1 atom stereocenters. The Balaban J connectivity index is 1.53. The quantitative estimate of drug-likeness (QED) is 0.380. The number of aliphatic carboxylic acids is 1. The van der Waals surface area contributed by atoms with Crippen molar-refractivity contribution in [3.63, 3.8) is 0 Å². The van der Waals surface area contributed by atoms with Gasteiger partial charge in [-0.15, -0.1) is 0 Å². The summed E-state index contributed by atoms with van der Waals surface area (Å²) in [6.07, 6.45) is 2.76. The van der Waals surface area contributed by atoms with E-state index in [4.69, 9.17) is 0 Å². The van der Waals surface area contributed by atoms with Crippen LogP contribution in [0.5, 0.6) is 0 Å². The molecular formula is C25H27NO2S. The Morgan fingerprint density at radius 3 is 2.41 bits per heavy atom. The van der Waals surface area contributed by atoms with Crippen LogP contribution in [-0.2, 0) is 11.2 Å². The van der Waals surface area contributed by atoms with Gasteiger partial charge in [0.2, 0.25) is 0 Å².